The first-order valence-corrected chi connectivity index (χ1v) is 5.41. The third-order valence-corrected chi connectivity index (χ3v) is 4.61. The Morgan fingerprint density at radius 1 is 1.17 bits per heavy atom. The Morgan fingerprint density at radius 3 is 1.92 bits per heavy atom. The summed E-state index contributed by atoms with van der Waals surface area (Å²) in [6, 6.07) is 0. The molecule has 0 spiro atoms. The van der Waals surface area contributed by atoms with Crippen molar-refractivity contribution in [1.82, 2.24) is 0 Å². The van der Waals surface area contributed by atoms with Crippen molar-refractivity contribution in [2.24, 2.45) is 5.92 Å². The normalized spacial score (nSPS) is 18.4. The van der Waals surface area contributed by atoms with Gasteiger partial charge in [-0.1, -0.05) is 0 Å². The molecule has 1 saturated heterocycles. The average molecular weight is 208 g/mol. The molecular formula is C6H8O4S2. The number of thioether (sulfide) groups is 2. The van der Waals surface area contributed by atoms with Crippen molar-refractivity contribution in [3.63, 3.8) is 0 Å². The van der Waals surface area contributed by atoms with E-state index in [0.29, 0.717) is 0 Å². The monoisotopic (exact) mass is 208 g/mol. The molecule has 0 unspecified atom stereocenters. The fourth-order valence-corrected chi connectivity index (χ4v) is 3.95. The van der Waals surface area contributed by atoms with Crippen molar-refractivity contribution in [3.8, 4) is 0 Å². The molecular weight excluding hydrogens is 200 g/mol. The fraction of sp³-hybridized carbons (Fsp3) is 0.667. The Hall–Kier alpha value is -0.360. The van der Waals surface area contributed by atoms with Crippen LogP contribution in [0.15, 0.2) is 0 Å². The van der Waals surface area contributed by atoms with Crippen molar-refractivity contribution in [1.29, 1.82) is 0 Å². The summed E-state index contributed by atoms with van der Waals surface area (Å²) >= 11 is 2.82. The van der Waals surface area contributed by atoms with E-state index in [0.717, 1.165) is 11.5 Å². The quantitative estimate of drug-likeness (QED) is 0.661. The summed E-state index contributed by atoms with van der Waals surface area (Å²) in [6.45, 7) is 0. The van der Waals surface area contributed by atoms with Gasteiger partial charge in [0.2, 0.25) is 0 Å². The molecule has 0 aromatic heterocycles. The molecule has 0 radical (unpaired) electrons. The molecule has 2 N–H and O–H groups in total. The van der Waals surface area contributed by atoms with Gasteiger partial charge in [0.15, 0.2) is 5.92 Å². The second-order valence-corrected chi connectivity index (χ2v) is 5.06. The second kappa shape index (κ2) is 4.04. The van der Waals surface area contributed by atoms with Gasteiger partial charge in [0.1, 0.15) is 0 Å². The molecule has 0 amide bonds. The van der Waals surface area contributed by atoms with Gasteiger partial charge >= 0.3 is 11.9 Å². The van der Waals surface area contributed by atoms with E-state index in [1.54, 1.807) is 0 Å². The molecule has 0 aliphatic carbocycles. The van der Waals surface area contributed by atoms with Crippen molar-refractivity contribution in [3.05, 3.63) is 0 Å². The van der Waals surface area contributed by atoms with Gasteiger partial charge in [0.05, 0.1) is 4.58 Å². The molecule has 0 saturated carbocycles. The summed E-state index contributed by atoms with van der Waals surface area (Å²) in [7, 11) is 0. The van der Waals surface area contributed by atoms with E-state index in [2.05, 4.69) is 0 Å². The molecule has 1 aliphatic rings. The standard InChI is InChI=1S/C6H8O4S2/c7-4(8)3(5(9)10)6-11-1-2-12-6/h3,6H,1-2H2,(H,7,8)(H,9,10). The van der Waals surface area contributed by atoms with Crippen LogP contribution in [0.2, 0.25) is 0 Å². The average Bonchev–Trinajstić information content (AvgIpc) is 2.37. The summed E-state index contributed by atoms with van der Waals surface area (Å²) in [4.78, 5) is 21.0. The minimum absolute atomic E-state index is 0.319. The van der Waals surface area contributed by atoms with Crippen LogP contribution in [0.3, 0.4) is 0 Å². The van der Waals surface area contributed by atoms with Crippen LogP contribution in [0.1, 0.15) is 0 Å². The zero-order valence-corrected chi connectivity index (χ0v) is 7.73. The maximum Gasteiger partial charge on any atom is 0.319 e. The van der Waals surface area contributed by atoms with E-state index in [1.165, 1.54) is 23.5 Å². The first-order valence-electron chi connectivity index (χ1n) is 3.31. The summed E-state index contributed by atoms with van der Waals surface area (Å²) in [5, 5.41) is 17.2. The predicted octanol–water partition coefficient (Wildman–Crippen LogP) is 0.578. The van der Waals surface area contributed by atoms with Gasteiger partial charge in [-0.05, 0) is 0 Å². The first-order chi connectivity index (χ1) is 5.63. The summed E-state index contributed by atoms with van der Waals surface area (Å²) in [5.74, 6) is -2.06. The van der Waals surface area contributed by atoms with Gasteiger partial charge < -0.3 is 10.2 Å². The van der Waals surface area contributed by atoms with Crippen LogP contribution in [-0.2, 0) is 9.59 Å². The molecule has 1 heterocycles. The highest BCUT2D eigenvalue weighted by molar-refractivity contribution is 8.20. The minimum Gasteiger partial charge on any atom is -0.481 e. The summed E-state index contributed by atoms with van der Waals surface area (Å²) in [5.41, 5.74) is 0. The highest BCUT2D eigenvalue weighted by Gasteiger charge is 2.37. The molecule has 0 aromatic carbocycles. The van der Waals surface area contributed by atoms with Gasteiger partial charge in [-0.3, -0.25) is 9.59 Å². The Morgan fingerprint density at radius 2 is 1.58 bits per heavy atom. The van der Waals surface area contributed by atoms with Crippen LogP contribution in [0, 0.1) is 5.92 Å². The molecule has 1 rings (SSSR count). The molecule has 0 aromatic rings. The largest absolute Gasteiger partial charge is 0.481 e. The third kappa shape index (κ3) is 2.07. The second-order valence-electron chi connectivity index (χ2n) is 2.26. The van der Waals surface area contributed by atoms with Gasteiger partial charge in [0.25, 0.3) is 0 Å². The van der Waals surface area contributed by atoms with Crippen LogP contribution in [0.5, 0.6) is 0 Å². The van der Waals surface area contributed by atoms with Crippen molar-refractivity contribution >= 4 is 35.5 Å². The van der Waals surface area contributed by atoms with E-state index in [4.69, 9.17) is 10.2 Å². The van der Waals surface area contributed by atoms with E-state index < -0.39 is 17.9 Å². The number of carbonyl (C=O) groups is 2. The molecule has 12 heavy (non-hydrogen) atoms. The zero-order chi connectivity index (χ0) is 9.14. The summed E-state index contributed by atoms with van der Waals surface area (Å²) in [6.07, 6.45) is 0. The Bertz CT molecular complexity index is 186. The fourth-order valence-electron chi connectivity index (χ4n) is 0.908. The van der Waals surface area contributed by atoms with Crippen LogP contribution < -0.4 is 0 Å². The lowest BCUT2D eigenvalue weighted by atomic mass is 10.2. The lowest BCUT2D eigenvalue weighted by Crippen LogP contribution is -2.30. The highest BCUT2D eigenvalue weighted by atomic mass is 32.2. The molecule has 0 atom stereocenters. The number of hydrogen-bond donors (Lipinski definition) is 2. The number of aliphatic carboxylic acids is 2. The predicted molar refractivity (Wildman–Crippen MR) is 47.5 cm³/mol. The van der Waals surface area contributed by atoms with Crippen molar-refractivity contribution in [2.45, 2.75) is 4.58 Å². The first kappa shape index (κ1) is 9.73. The highest BCUT2D eigenvalue weighted by Crippen LogP contribution is 2.37. The van der Waals surface area contributed by atoms with Crippen LogP contribution in [0.4, 0.5) is 0 Å². The van der Waals surface area contributed by atoms with Gasteiger partial charge in [-0.2, -0.15) is 0 Å². The summed E-state index contributed by atoms with van der Waals surface area (Å²) < 4.78 is -0.319. The van der Waals surface area contributed by atoms with Crippen LogP contribution in [0.25, 0.3) is 0 Å². The van der Waals surface area contributed by atoms with E-state index in [-0.39, 0.29) is 4.58 Å². The zero-order valence-electron chi connectivity index (χ0n) is 6.10. The molecule has 4 nitrogen and oxygen atoms in total. The van der Waals surface area contributed by atoms with E-state index >= 15 is 0 Å². The maximum absolute atomic E-state index is 10.5. The Balaban J connectivity index is 2.64. The number of rotatable bonds is 3. The Kier molecular flexibility index (Phi) is 3.28. The van der Waals surface area contributed by atoms with E-state index in [9.17, 15) is 9.59 Å². The van der Waals surface area contributed by atoms with Gasteiger partial charge in [0, 0.05) is 11.5 Å². The third-order valence-electron chi connectivity index (χ3n) is 1.45. The lowest BCUT2D eigenvalue weighted by Gasteiger charge is -2.12. The number of carboxylic acid groups (broad SMARTS) is 2. The molecule has 1 aliphatic heterocycles. The van der Waals surface area contributed by atoms with E-state index in [1.807, 2.05) is 0 Å². The number of hydrogen-bond acceptors (Lipinski definition) is 4. The van der Waals surface area contributed by atoms with Crippen LogP contribution >= 0.6 is 23.5 Å². The number of carboxylic acids is 2. The topological polar surface area (TPSA) is 74.6 Å². The van der Waals surface area contributed by atoms with Gasteiger partial charge in [-0.25, -0.2) is 0 Å². The van der Waals surface area contributed by atoms with Crippen molar-refractivity contribution in [2.75, 3.05) is 11.5 Å². The maximum atomic E-state index is 10.5. The molecule has 1 fully saturated rings. The van der Waals surface area contributed by atoms with Crippen molar-refractivity contribution < 1.29 is 19.8 Å². The minimum atomic E-state index is -1.26. The lowest BCUT2D eigenvalue weighted by molar-refractivity contribution is -0.153. The molecule has 6 heteroatoms. The smallest absolute Gasteiger partial charge is 0.319 e. The Labute approximate surface area is 77.7 Å². The molecule has 0 bridgehead atoms. The SMILES string of the molecule is O=C(O)C(C(=O)O)C1SCCS1. The molecule has 68 valence electrons. The van der Waals surface area contributed by atoms with Gasteiger partial charge in [-0.15, -0.1) is 23.5 Å². The van der Waals surface area contributed by atoms with Crippen LogP contribution in [-0.4, -0.2) is 38.2 Å².